The van der Waals surface area contributed by atoms with Crippen LogP contribution in [0, 0.1) is 5.92 Å². The molecule has 1 aromatic rings. The molecule has 1 atom stereocenters. The Bertz CT molecular complexity index is 389. The first-order chi connectivity index (χ1) is 8.50. The highest BCUT2D eigenvalue weighted by Gasteiger charge is 2.31. The average molecular weight is 259 g/mol. The topological polar surface area (TPSA) is 42.1 Å². The highest BCUT2D eigenvalue weighted by atomic mass is 19.4. The molecule has 0 aliphatic carbocycles. The van der Waals surface area contributed by atoms with Crippen molar-refractivity contribution in [3.05, 3.63) is 23.9 Å². The summed E-state index contributed by atoms with van der Waals surface area (Å²) >= 11 is 0. The molecule has 2 N–H and O–H groups in total. The zero-order chi connectivity index (χ0) is 13.2. The smallest absolute Gasteiger partial charge is 0.356 e. The molecule has 0 radical (unpaired) electrons. The molecule has 0 spiro atoms. The average Bonchev–Trinajstić information content (AvgIpc) is 2.77. The summed E-state index contributed by atoms with van der Waals surface area (Å²) in [4.78, 5) is 5.91. The molecule has 1 unspecified atom stereocenters. The fraction of sp³-hybridized carbons (Fsp3) is 0.583. The van der Waals surface area contributed by atoms with E-state index in [1.807, 2.05) is 4.90 Å². The molecule has 0 bridgehead atoms. The first-order valence-corrected chi connectivity index (χ1v) is 5.99. The maximum absolute atomic E-state index is 12.4. The van der Waals surface area contributed by atoms with E-state index in [2.05, 4.69) is 4.98 Å². The van der Waals surface area contributed by atoms with Gasteiger partial charge in [-0.05, 0) is 37.4 Å². The Morgan fingerprint density at radius 1 is 1.39 bits per heavy atom. The summed E-state index contributed by atoms with van der Waals surface area (Å²) in [6.45, 7) is 2.32. The number of aromatic nitrogens is 1. The Hall–Kier alpha value is -1.30. The van der Waals surface area contributed by atoms with E-state index in [9.17, 15) is 13.2 Å². The summed E-state index contributed by atoms with van der Waals surface area (Å²) in [5, 5.41) is 0. The van der Waals surface area contributed by atoms with Crippen molar-refractivity contribution < 1.29 is 13.2 Å². The van der Waals surface area contributed by atoms with Gasteiger partial charge in [-0.25, -0.2) is 4.98 Å². The maximum Gasteiger partial charge on any atom is 0.417 e. The van der Waals surface area contributed by atoms with Crippen LogP contribution in [0.3, 0.4) is 0 Å². The molecular weight excluding hydrogens is 243 g/mol. The third-order valence-electron chi connectivity index (χ3n) is 3.26. The Morgan fingerprint density at radius 3 is 2.72 bits per heavy atom. The van der Waals surface area contributed by atoms with E-state index in [-0.39, 0.29) is 0 Å². The fourth-order valence-electron chi connectivity index (χ4n) is 2.25. The number of pyridine rings is 1. The molecule has 1 aromatic heterocycles. The van der Waals surface area contributed by atoms with Crippen molar-refractivity contribution in [3.63, 3.8) is 0 Å². The monoisotopic (exact) mass is 259 g/mol. The molecule has 100 valence electrons. The molecular formula is C12H16F3N3. The summed E-state index contributed by atoms with van der Waals surface area (Å²) in [6.07, 6.45) is -1.44. The van der Waals surface area contributed by atoms with Crippen molar-refractivity contribution >= 4 is 5.82 Å². The van der Waals surface area contributed by atoms with Crippen LogP contribution in [0.15, 0.2) is 18.3 Å². The maximum atomic E-state index is 12.4. The van der Waals surface area contributed by atoms with Gasteiger partial charge in [-0.2, -0.15) is 13.2 Å². The number of nitrogens with two attached hydrogens (primary N) is 1. The van der Waals surface area contributed by atoms with Gasteiger partial charge in [0.15, 0.2) is 0 Å². The molecule has 2 rings (SSSR count). The summed E-state index contributed by atoms with van der Waals surface area (Å²) in [7, 11) is 0. The van der Waals surface area contributed by atoms with Gasteiger partial charge in [-0.3, -0.25) is 0 Å². The van der Waals surface area contributed by atoms with E-state index in [1.165, 1.54) is 6.07 Å². The van der Waals surface area contributed by atoms with E-state index < -0.39 is 11.7 Å². The molecule has 1 fully saturated rings. The molecule has 1 saturated heterocycles. The molecule has 0 amide bonds. The standard InChI is InChI=1S/C12H16F3N3/c13-12(14,15)10-1-2-11(17-7-10)18-6-4-9(8-18)3-5-16/h1-2,7,9H,3-6,8,16H2. The van der Waals surface area contributed by atoms with Gasteiger partial charge in [0.05, 0.1) is 5.56 Å². The zero-order valence-corrected chi connectivity index (χ0v) is 9.95. The summed E-state index contributed by atoms with van der Waals surface area (Å²) < 4.78 is 37.2. The van der Waals surface area contributed by atoms with Gasteiger partial charge in [-0.1, -0.05) is 0 Å². The minimum atomic E-state index is -4.32. The van der Waals surface area contributed by atoms with Crippen molar-refractivity contribution in [2.24, 2.45) is 11.7 Å². The molecule has 1 aliphatic rings. The van der Waals surface area contributed by atoms with Crippen molar-refractivity contribution in [2.75, 3.05) is 24.5 Å². The molecule has 18 heavy (non-hydrogen) atoms. The van der Waals surface area contributed by atoms with Crippen LogP contribution in [0.1, 0.15) is 18.4 Å². The molecule has 0 aromatic carbocycles. The third kappa shape index (κ3) is 2.93. The SMILES string of the molecule is NCCC1CCN(c2ccc(C(F)(F)F)cn2)C1. The molecule has 1 aliphatic heterocycles. The van der Waals surface area contributed by atoms with Gasteiger partial charge >= 0.3 is 6.18 Å². The van der Waals surface area contributed by atoms with Crippen LogP contribution in [-0.4, -0.2) is 24.6 Å². The predicted octanol–water partition coefficient (Wildman–Crippen LogP) is 2.28. The second-order valence-corrected chi connectivity index (χ2v) is 4.58. The van der Waals surface area contributed by atoms with Crippen LogP contribution >= 0.6 is 0 Å². The number of rotatable bonds is 3. The summed E-state index contributed by atoms with van der Waals surface area (Å²) in [6, 6.07) is 2.52. The van der Waals surface area contributed by atoms with E-state index in [4.69, 9.17) is 5.73 Å². The first kappa shape index (κ1) is 13.1. The number of halogens is 3. The van der Waals surface area contributed by atoms with Gasteiger partial charge < -0.3 is 10.6 Å². The van der Waals surface area contributed by atoms with Crippen molar-refractivity contribution in [3.8, 4) is 0 Å². The summed E-state index contributed by atoms with van der Waals surface area (Å²) in [5.41, 5.74) is 4.80. The lowest BCUT2D eigenvalue weighted by Crippen LogP contribution is -2.21. The second-order valence-electron chi connectivity index (χ2n) is 4.58. The van der Waals surface area contributed by atoms with Gasteiger partial charge in [0.1, 0.15) is 5.82 Å². The predicted molar refractivity (Wildman–Crippen MR) is 63.2 cm³/mol. The Kier molecular flexibility index (Phi) is 3.75. The normalized spacial score (nSPS) is 20.4. The van der Waals surface area contributed by atoms with Crippen LogP contribution < -0.4 is 10.6 Å². The largest absolute Gasteiger partial charge is 0.417 e. The fourth-order valence-corrected chi connectivity index (χ4v) is 2.25. The highest BCUT2D eigenvalue weighted by molar-refractivity contribution is 5.40. The van der Waals surface area contributed by atoms with E-state index in [0.29, 0.717) is 18.3 Å². The molecule has 2 heterocycles. The van der Waals surface area contributed by atoms with E-state index in [0.717, 1.165) is 38.2 Å². The number of hydrogen-bond acceptors (Lipinski definition) is 3. The van der Waals surface area contributed by atoms with Gasteiger partial charge in [0, 0.05) is 19.3 Å². The van der Waals surface area contributed by atoms with Crippen molar-refractivity contribution in [1.82, 2.24) is 4.98 Å². The number of alkyl halides is 3. The summed E-state index contributed by atoms with van der Waals surface area (Å²) in [5.74, 6) is 1.14. The van der Waals surface area contributed by atoms with Crippen molar-refractivity contribution in [1.29, 1.82) is 0 Å². The van der Waals surface area contributed by atoms with Crippen LogP contribution in [0.4, 0.5) is 19.0 Å². The van der Waals surface area contributed by atoms with Gasteiger partial charge in [-0.15, -0.1) is 0 Å². The van der Waals surface area contributed by atoms with Crippen LogP contribution in [0.2, 0.25) is 0 Å². The minimum Gasteiger partial charge on any atom is -0.356 e. The Morgan fingerprint density at radius 2 is 2.17 bits per heavy atom. The Balaban J connectivity index is 2.03. The third-order valence-corrected chi connectivity index (χ3v) is 3.26. The van der Waals surface area contributed by atoms with E-state index >= 15 is 0 Å². The molecule has 6 heteroatoms. The molecule has 0 saturated carbocycles. The second kappa shape index (κ2) is 5.14. The first-order valence-electron chi connectivity index (χ1n) is 5.99. The number of anilines is 1. The lowest BCUT2D eigenvalue weighted by atomic mass is 10.1. The van der Waals surface area contributed by atoms with Gasteiger partial charge in [0.25, 0.3) is 0 Å². The minimum absolute atomic E-state index is 0.527. The van der Waals surface area contributed by atoms with E-state index in [1.54, 1.807) is 0 Å². The highest BCUT2D eigenvalue weighted by Crippen LogP contribution is 2.30. The quantitative estimate of drug-likeness (QED) is 0.905. The van der Waals surface area contributed by atoms with Gasteiger partial charge in [0.2, 0.25) is 0 Å². The Labute approximate surface area is 104 Å². The van der Waals surface area contributed by atoms with Crippen LogP contribution in [0.5, 0.6) is 0 Å². The number of nitrogens with zero attached hydrogens (tertiary/aromatic N) is 2. The lowest BCUT2D eigenvalue weighted by molar-refractivity contribution is -0.137. The van der Waals surface area contributed by atoms with Crippen LogP contribution in [0.25, 0.3) is 0 Å². The number of hydrogen-bond donors (Lipinski definition) is 1. The lowest BCUT2D eigenvalue weighted by Gasteiger charge is -2.18. The zero-order valence-electron chi connectivity index (χ0n) is 9.95. The van der Waals surface area contributed by atoms with Crippen LogP contribution in [-0.2, 0) is 6.18 Å². The van der Waals surface area contributed by atoms with Crippen molar-refractivity contribution in [2.45, 2.75) is 19.0 Å². The molecule has 3 nitrogen and oxygen atoms in total.